The van der Waals surface area contributed by atoms with Crippen molar-refractivity contribution in [2.45, 2.75) is 19.8 Å². The largest absolute Gasteiger partial charge is 0.507 e. The van der Waals surface area contributed by atoms with Crippen LogP contribution in [0.1, 0.15) is 25.3 Å². The van der Waals surface area contributed by atoms with Crippen molar-refractivity contribution in [1.29, 1.82) is 0 Å². The molecule has 1 heterocycles. The Morgan fingerprint density at radius 3 is 2.71 bits per heavy atom. The van der Waals surface area contributed by atoms with Crippen molar-refractivity contribution >= 4 is 17.3 Å². The zero-order valence-corrected chi connectivity index (χ0v) is 14.0. The number of hydrogen-bond acceptors (Lipinski definition) is 5. The van der Waals surface area contributed by atoms with Crippen molar-refractivity contribution in [2.24, 2.45) is 5.16 Å². The first kappa shape index (κ1) is 17.8. The summed E-state index contributed by atoms with van der Waals surface area (Å²) in [5.41, 5.74) is 0.316. The van der Waals surface area contributed by atoms with E-state index in [0.717, 1.165) is 6.42 Å². The van der Waals surface area contributed by atoms with Crippen molar-refractivity contribution < 1.29 is 14.4 Å². The molecular weight excluding hydrogens is 330 g/mol. The van der Waals surface area contributed by atoms with Crippen molar-refractivity contribution in [3.63, 3.8) is 0 Å². The summed E-state index contributed by atoms with van der Waals surface area (Å²) in [5, 5.41) is 14.8. The lowest BCUT2D eigenvalue weighted by Crippen LogP contribution is -2.16. The van der Waals surface area contributed by atoms with Gasteiger partial charge in [-0.15, -0.1) is 0 Å². The van der Waals surface area contributed by atoms with E-state index in [2.05, 4.69) is 11.7 Å². The van der Waals surface area contributed by atoms with Crippen molar-refractivity contribution in [2.75, 3.05) is 6.61 Å². The van der Waals surface area contributed by atoms with Gasteiger partial charge in [0.25, 0.3) is 0 Å². The third-order valence-electron chi connectivity index (χ3n) is 3.20. The van der Waals surface area contributed by atoms with Gasteiger partial charge in [-0.2, -0.15) is 0 Å². The maximum atomic E-state index is 12.3. The molecule has 1 aromatic heterocycles. The van der Waals surface area contributed by atoms with Crippen LogP contribution in [0.4, 0.5) is 0 Å². The van der Waals surface area contributed by atoms with Gasteiger partial charge in [0.2, 0.25) is 0 Å². The predicted molar refractivity (Wildman–Crippen MR) is 94.7 cm³/mol. The fourth-order valence-corrected chi connectivity index (χ4v) is 2.25. The van der Waals surface area contributed by atoms with E-state index in [9.17, 15) is 9.90 Å². The minimum atomic E-state index is -0.672. The van der Waals surface area contributed by atoms with Crippen LogP contribution in [0.3, 0.4) is 0 Å². The van der Waals surface area contributed by atoms with Gasteiger partial charge in [-0.3, -0.25) is 0 Å². The molecule has 0 aliphatic rings. The van der Waals surface area contributed by atoms with Crippen LogP contribution in [-0.4, -0.2) is 17.4 Å². The second-order valence-electron chi connectivity index (χ2n) is 5.04. The number of aromatic hydroxyl groups is 1. The fraction of sp³-hybridized carbons (Fsp3) is 0.222. The summed E-state index contributed by atoms with van der Waals surface area (Å²) >= 11 is 5.85. The molecule has 0 amide bonds. The number of hydrogen-bond donors (Lipinski definition) is 1. The van der Waals surface area contributed by atoms with E-state index in [1.807, 2.05) is 6.92 Å². The Bertz CT molecular complexity index is 794. The molecule has 5 nitrogen and oxygen atoms in total. The van der Waals surface area contributed by atoms with Gasteiger partial charge in [0, 0.05) is 16.7 Å². The summed E-state index contributed by atoms with van der Waals surface area (Å²) in [6.45, 7) is 5.67. The van der Waals surface area contributed by atoms with Crippen molar-refractivity contribution in [3.8, 4) is 17.1 Å². The number of benzene rings is 1. The summed E-state index contributed by atoms with van der Waals surface area (Å²) in [5.74, 6) is 0.0476. The van der Waals surface area contributed by atoms with E-state index in [-0.39, 0.29) is 23.7 Å². The predicted octanol–water partition coefficient (Wildman–Crippen LogP) is 4.37. The van der Waals surface area contributed by atoms with Crippen LogP contribution < -0.4 is 5.63 Å². The van der Waals surface area contributed by atoms with E-state index in [1.165, 1.54) is 6.07 Å². The number of nitrogens with zero attached hydrogens (tertiary/aromatic N) is 1. The van der Waals surface area contributed by atoms with E-state index in [0.29, 0.717) is 22.7 Å². The van der Waals surface area contributed by atoms with Gasteiger partial charge in [-0.1, -0.05) is 42.8 Å². The quantitative estimate of drug-likeness (QED) is 0.349. The maximum Gasteiger partial charge on any atom is 0.349 e. The van der Waals surface area contributed by atoms with Gasteiger partial charge in [0.1, 0.15) is 23.7 Å². The molecule has 0 spiro atoms. The van der Waals surface area contributed by atoms with Gasteiger partial charge in [0.15, 0.2) is 0 Å². The highest BCUT2D eigenvalue weighted by molar-refractivity contribution is 6.30. The molecule has 0 saturated heterocycles. The fourth-order valence-electron chi connectivity index (χ4n) is 2.12. The van der Waals surface area contributed by atoms with Crippen LogP contribution in [0.2, 0.25) is 5.02 Å². The van der Waals surface area contributed by atoms with Crippen LogP contribution in [-0.2, 0) is 4.84 Å². The topological polar surface area (TPSA) is 72.0 Å². The Morgan fingerprint density at radius 2 is 2.12 bits per heavy atom. The van der Waals surface area contributed by atoms with Crippen LogP contribution >= 0.6 is 11.6 Å². The molecule has 0 saturated carbocycles. The maximum absolute atomic E-state index is 12.3. The molecule has 0 fully saturated rings. The molecule has 0 radical (unpaired) electrons. The molecule has 0 unspecified atom stereocenters. The summed E-state index contributed by atoms with van der Waals surface area (Å²) in [7, 11) is 0. The Labute approximate surface area is 144 Å². The molecule has 1 aromatic carbocycles. The van der Waals surface area contributed by atoms with Gasteiger partial charge < -0.3 is 14.4 Å². The third kappa shape index (κ3) is 4.26. The Morgan fingerprint density at radius 1 is 1.42 bits per heavy atom. The number of rotatable bonds is 7. The van der Waals surface area contributed by atoms with Gasteiger partial charge in [-0.25, -0.2) is 4.79 Å². The number of oxime groups is 1. The summed E-state index contributed by atoms with van der Waals surface area (Å²) in [4.78, 5) is 17.4. The highest BCUT2D eigenvalue weighted by Crippen LogP contribution is 2.26. The Kier molecular flexibility index (Phi) is 6.21. The molecule has 6 heteroatoms. The highest BCUT2D eigenvalue weighted by atomic mass is 35.5. The van der Waals surface area contributed by atoms with E-state index in [4.69, 9.17) is 20.9 Å². The monoisotopic (exact) mass is 347 g/mol. The first-order valence-corrected chi connectivity index (χ1v) is 7.87. The zero-order valence-electron chi connectivity index (χ0n) is 13.3. The SMILES string of the molecule is C=CCON=C(CCC)c1c(O)cc(-c2ccc(Cl)cc2)oc1=O. The summed E-state index contributed by atoms with van der Waals surface area (Å²) in [6.07, 6.45) is 2.74. The smallest absolute Gasteiger partial charge is 0.349 e. The Balaban J connectivity index is 2.44. The molecule has 0 aliphatic carbocycles. The van der Waals surface area contributed by atoms with Crippen LogP contribution in [0, 0.1) is 0 Å². The van der Waals surface area contributed by atoms with Crippen molar-refractivity contribution in [1.82, 2.24) is 0 Å². The standard InChI is InChI=1S/C18H18ClNO4/c1-3-5-14(20-23-10-4-2)17-15(21)11-16(24-18(17)22)12-6-8-13(19)9-7-12/h4,6-9,11,21H,2-3,5,10H2,1H3. The van der Waals surface area contributed by atoms with E-state index < -0.39 is 5.63 Å². The van der Waals surface area contributed by atoms with Crippen molar-refractivity contribution in [3.05, 3.63) is 64.0 Å². The van der Waals surface area contributed by atoms with Crippen LogP contribution in [0.5, 0.6) is 5.75 Å². The average molecular weight is 348 g/mol. The molecule has 1 N–H and O–H groups in total. The Hall–Kier alpha value is -2.53. The first-order chi connectivity index (χ1) is 11.6. The summed E-state index contributed by atoms with van der Waals surface area (Å²) < 4.78 is 5.33. The minimum Gasteiger partial charge on any atom is -0.507 e. The average Bonchev–Trinajstić information content (AvgIpc) is 2.55. The second-order valence-corrected chi connectivity index (χ2v) is 5.47. The highest BCUT2D eigenvalue weighted by Gasteiger charge is 2.18. The molecule has 0 atom stereocenters. The lowest BCUT2D eigenvalue weighted by atomic mass is 10.1. The number of halogens is 1. The molecule has 2 rings (SSSR count). The molecular formula is C18H18ClNO4. The van der Waals surface area contributed by atoms with Crippen LogP contribution in [0.25, 0.3) is 11.3 Å². The third-order valence-corrected chi connectivity index (χ3v) is 3.45. The first-order valence-electron chi connectivity index (χ1n) is 7.50. The normalized spacial score (nSPS) is 11.3. The molecule has 0 bridgehead atoms. The summed E-state index contributed by atoms with van der Waals surface area (Å²) in [6, 6.07) is 8.14. The molecule has 0 aliphatic heterocycles. The van der Waals surface area contributed by atoms with E-state index in [1.54, 1.807) is 30.3 Å². The molecule has 2 aromatic rings. The lowest BCUT2D eigenvalue weighted by molar-refractivity contribution is 0.174. The van der Waals surface area contributed by atoms with Gasteiger partial charge >= 0.3 is 5.63 Å². The second kappa shape index (κ2) is 8.36. The molecule has 24 heavy (non-hydrogen) atoms. The van der Waals surface area contributed by atoms with E-state index >= 15 is 0 Å². The molecule has 126 valence electrons. The minimum absolute atomic E-state index is 0.0126. The van der Waals surface area contributed by atoms with Crippen LogP contribution in [0.15, 0.2) is 57.4 Å². The zero-order chi connectivity index (χ0) is 17.5. The van der Waals surface area contributed by atoms with Gasteiger partial charge in [-0.05, 0) is 30.7 Å². The lowest BCUT2D eigenvalue weighted by Gasteiger charge is -2.08. The van der Waals surface area contributed by atoms with Gasteiger partial charge in [0.05, 0.1) is 5.71 Å².